The number of rotatable bonds is 4. The van der Waals surface area contributed by atoms with Crippen molar-refractivity contribution in [2.45, 2.75) is 31.8 Å². The maximum absolute atomic E-state index is 5.91. The molecule has 0 radical (unpaired) electrons. The molecule has 2 rings (SSSR count). The summed E-state index contributed by atoms with van der Waals surface area (Å²) in [7, 11) is 0. The highest BCUT2D eigenvalue weighted by molar-refractivity contribution is 7.80. The number of thiocarbonyl (C=S) groups is 1. The Morgan fingerprint density at radius 3 is 2.90 bits per heavy atom. The van der Waals surface area contributed by atoms with Gasteiger partial charge in [-0.15, -0.1) is 0 Å². The molecule has 1 aromatic rings. The number of halogens is 1. The first-order chi connectivity index (χ1) is 9.65. The molecule has 0 aromatic heterocycles. The van der Waals surface area contributed by atoms with Crippen molar-refractivity contribution in [1.82, 2.24) is 10.3 Å². The van der Waals surface area contributed by atoms with Crippen molar-refractivity contribution < 1.29 is 0 Å². The molecule has 0 bridgehead atoms. The van der Waals surface area contributed by atoms with Gasteiger partial charge in [0.1, 0.15) is 0 Å². The van der Waals surface area contributed by atoms with Gasteiger partial charge in [-0.2, -0.15) is 5.10 Å². The summed E-state index contributed by atoms with van der Waals surface area (Å²) in [5, 5.41) is 5.06. The van der Waals surface area contributed by atoms with E-state index in [9.17, 15) is 0 Å². The third-order valence-electron chi connectivity index (χ3n) is 3.38. The molecule has 4 nitrogen and oxygen atoms in total. The molecule has 1 fully saturated rings. The van der Waals surface area contributed by atoms with Crippen molar-refractivity contribution in [2.24, 2.45) is 10.8 Å². The third kappa shape index (κ3) is 4.74. The van der Waals surface area contributed by atoms with E-state index in [-0.39, 0.29) is 5.11 Å². The van der Waals surface area contributed by atoms with Crippen LogP contribution in [0.25, 0.3) is 0 Å². The second-order valence-corrected chi connectivity index (χ2v) is 5.79. The van der Waals surface area contributed by atoms with Gasteiger partial charge in [-0.25, -0.2) is 0 Å². The van der Waals surface area contributed by atoms with Crippen LogP contribution < -0.4 is 11.2 Å². The van der Waals surface area contributed by atoms with Gasteiger partial charge >= 0.3 is 0 Å². The topological polar surface area (TPSA) is 53.6 Å². The fraction of sp³-hybridized carbons (Fsp3) is 0.429. The van der Waals surface area contributed by atoms with Gasteiger partial charge in [0.25, 0.3) is 0 Å². The highest BCUT2D eigenvalue weighted by Crippen LogP contribution is 2.19. The molecular weight excluding hydrogens is 292 g/mol. The maximum atomic E-state index is 5.91. The summed E-state index contributed by atoms with van der Waals surface area (Å²) in [6, 6.07) is 8.31. The van der Waals surface area contributed by atoms with Crippen LogP contribution in [0, 0.1) is 0 Å². The van der Waals surface area contributed by atoms with E-state index in [0.717, 1.165) is 24.5 Å². The fourth-order valence-electron chi connectivity index (χ4n) is 2.39. The van der Waals surface area contributed by atoms with Crippen LogP contribution in [-0.2, 0) is 6.54 Å². The zero-order chi connectivity index (χ0) is 14.4. The second-order valence-electron chi connectivity index (χ2n) is 4.91. The molecule has 1 aliphatic rings. The molecule has 1 heterocycles. The first-order valence-corrected chi connectivity index (χ1v) is 7.51. The predicted octanol–water partition coefficient (Wildman–Crippen LogP) is 2.51. The molecule has 1 atom stereocenters. The van der Waals surface area contributed by atoms with Crippen LogP contribution in [0.2, 0.25) is 5.02 Å². The van der Waals surface area contributed by atoms with E-state index in [2.05, 4.69) is 27.6 Å². The summed E-state index contributed by atoms with van der Waals surface area (Å²) < 4.78 is 0. The number of hydrazone groups is 1. The van der Waals surface area contributed by atoms with E-state index >= 15 is 0 Å². The quantitative estimate of drug-likeness (QED) is 0.510. The average Bonchev–Trinajstić information content (AvgIpc) is 2.43. The first-order valence-electron chi connectivity index (χ1n) is 6.72. The van der Waals surface area contributed by atoms with Gasteiger partial charge in [0.15, 0.2) is 5.11 Å². The average molecular weight is 311 g/mol. The standard InChI is InChI=1S/C14H19ClN4S/c15-12-6-4-11(5-7-12)10-19-8-2-1-3-13(19)9-17-18-14(16)20/h4-7,9,13H,1-3,8,10H2,(H3,16,18,20). The Hall–Kier alpha value is -1.17. The lowest BCUT2D eigenvalue weighted by molar-refractivity contribution is 0.186. The van der Waals surface area contributed by atoms with Crippen molar-refractivity contribution in [3.05, 3.63) is 34.9 Å². The van der Waals surface area contributed by atoms with E-state index in [4.69, 9.17) is 29.6 Å². The molecule has 0 amide bonds. The summed E-state index contributed by atoms with van der Waals surface area (Å²) in [5.41, 5.74) is 9.24. The number of nitrogens with one attached hydrogen (secondary N) is 1. The Balaban J connectivity index is 1.97. The minimum atomic E-state index is 0.196. The minimum absolute atomic E-state index is 0.196. The van der Waals surface area contributed by atoms with Crippen LogP contribution in [0.4, 0.5) is 0 Å². The van der Waals surface area contributed by atoms with Crippen LogP contribution in [0.15, 0.2) is 29.4 Å². The molecule has 20 heavy (non-hydrogen) atoms. The summed E-state index contributed by atoms with van der Waals surface area (Å²) in [4.78, 5) is 2.41. The van der Waals surface area contributed by atoms with Gasteiger partial charge in [-0.1, -0.05) is 30.2 Å². The normalized spacial score (nSPS) is 20.1. The molecule has 1 aromatic carbocycles. The smallest absolute Gasteiger partial charge is 0.184 e. The molecule has 1 unspecified atom stereocenters. The van der Waals surface area contributed by atoms with Gasteiger partial charge in [0.05, 0.1) is 0 Å². The Morgan fingerprint density at radius 1 is 1.45 bits per heavy atom. The summed E-state index contributed by atoms with van der Waals surface area (Å²) >= 11 is 10.6. The van der Waals surface area contributed by atoms with Gasteiger partial charge in [-0.3, -0.25) is 10.3 Å². The van der Waals surface area contributed by atoms with Crippen molar-refractivity contribution in [3.63, 3.8) is 0 Å². The minimum Gasteiger partial charge on any atom is -0.375 e. The highest BCUT2D eigenvalue weighted by atomic mass is 35.5. The molecule has 1 aliphatic heterocycles. The number of hydrogen-bond acceptors (Lipinski definition) is 3. The molecule has 108 valence electrons. The molecule has 0 spiro atoms. The van der Waals surface area contributed by atoms with Gasteiger partial charge in [0.2, 0.25) is 0 Å². The number of benzene rings is 1. The van der Waals surface area contributed by atoms with Crippen molar-refractivity contribution in [1.29, 1.82) is 0 Å². The number of piperidine rings is 1. The lowest BCUT2D eigenvalue weighted by Crippen LogP contribution is -2.40. The summed E-state index contributed by atoms with van der Waals surface area (Å²) in [6.45, 7) is 1.98. The Kier molecular flexibility index (Phi) is 5.76. The second kappa shape index (κ2) is 7.57. The zero-order valence-corrected chi connectivity index (χ0v) is 12.8. The van der Waals surface area contributed by atoms with E-state index in [0.29, 0.717) is 6.04 Å². The van der Waals surface area contributed by atoms with E-state index in [1.807, 2.05) is 18.3 Å². The summed E-state index contributed by atoms with van der Waals surface area (Å²) in [5.74, 6) is 0. The largest absolute Gasteiger partial charge is 0.375 e. The van der Waals surface area contributed by atoms with Crippen LogP contribution >= 0.6 is 23.8 Å². The van der Waals surface area contributed by atoms with Crippen molar-refractivity contribution >= 4 is 35.1 Å². The monoisotopic (exact) mass is 310 g/mol. The summed E-state index contributed by atoms with van der Waals surface area (Å²) in [6.07, 6.45) is 5.45. The molecule has 3 N–H and O–H groups in total. The van der Waals surface area contributed by atoms with Gasteiger partial charge in [-0.05, 0) is 49.3 Å². The van der Waals surface area contributed by atoms with Crippen molar-refractivity contribution in [3.8, 4) is 0 Å². The van der Waals surface area contributed by atoms with E-state index in [1.165, 1.54) is 18.4 Å². The van der Waals surface area contributed by atoms with Crippen LogP contribution in [0.3, 0.4) is 0 Å². The number of nitrogens with zero attached hydrogens (tertiary/aromatic N) is 2. The fourth-order valence-corrected chi connectivity index (χ4v) is 2.57. The Labute approximate surface area is 130 Å². The lowest BCUT2D eigenvalue weighted by Gasteiger charge is -2.33. The molecular formula is C14H19ClN4S. The SMILES string of the molecule is NC(=S)NN=CC1CCCCN1Cc1ccc(Cl)cc1. The van der Waals surface area contributed by atoms with Gasteiger partial charge in [0, 0.05) is 23.8 Å². The number of nitrogens with two attached hydrogens (primary N) is 1. The highest BCUT2D eigenvalue weighted by Gasteiger charge is 2.20. The molecule has 0 saturated carbocycles. The maximum Gasteiger partial charge on any atom is 0.184 e. The number of hydrogen-bond donors (Lipinski definition) is 2. The first kappa shape index (κ1) is 15.2. The van der Waals surface area contributed by atoms with Crippen LogP contribution in [0.5, 0.6) is 0 Å². The Bertz CT molecular complexity index is 475. The van der Waals surface area contributed by atoms with E-state index in [1.54, 1.807) is 0 Å². The number of likely N-dealkylation sites (tertiary alicyclic amines) is 1. The van der Waals surface area contributed by atoms with Crippen LogP contribution in [-0.4, -0.2) is 28.8 Å². The van der Waals surface area contributed by atoms with Crippen molar-refractivity contribution in [2.75, 3.05) is 6.54 Å². The zero-order valence-electron chi connectivity index (χ0n) is 11.3. The Morgan fingerprint density at radius 2 is 2.20 bits per heavy atom. The third-order valence-corrected chi connectivity index (χ3v) is 3.73. The predicted molar refractivity (Wildman–Crippen MR) is 87.9 cm³/mol. The molecule has 0 aliphatic carbocycles. The van der Waals surface area contributed by atoms with Gasteiger partial charge < -0.3 is 5.73 Å². The lowest BCUT2D eigenvalue weighted by atomic mass is 10.0. The molecule has 6 heteroatoms. The van der Waals surface area contributed by atoms with Crippen LogP contribution in [0.1, 0.15) is 24.8 Å². The molecule has 1 saturated heterocycles. The van der Waals surface area contributed by atoms with E-state index < -0.39 is 0 Å².